The molecule has 1 aliphatic rings. The number of nitrogens with one attached hydrogen (secondary N) is 2. The van der Waals surface area contributed by atoms with Crippen LogP contribution in [0.2, 0.25) is 0 Å². The Kier molecular flexibility index (Phi) is 5.89. The first-order valence-electron chi connectivity index (χ1n) is 10.6. The second-order valence-electron chi connectivity index (χ2n) is 8.26. The number of fused-ring (bicyclic) bond motifs is 1. The third-order valence-corrected chi connectivity index (χ3v) is 6.22. The van der Waals surface area contributed by atoms with Crippen LogP contribution in [0.1, 0.15) is 11.3 Å². The van der Waals surface area contributed by atoms with Gasteiger partial charge in [-0.3, -0.25) is 4.79 Å². The quantitative estimate of drug-likeness (QED) is 0.551. The number of methoxy groups -OCH3 is 2. The molecule has 1 aliphatic heterocycles. The highest BCUT2D eigenvalue weighted by Crippen LogP contribution is 2.34. The minimum Gasteiger partial charge on any atom is -0.507 e. The van der Waals surface area contributed by atoms with Crippen LogP contribution in [-0.2, 0) is 6.54 Å². The Morgan fingerprint density at radius 1 is 1.03 bits per heavy atom. The van der Waals surface area contributed by atoms with Gasteiger partial charge in [-0.2, -0.15) is 0 Å². The van der Waals surface area contributed by atoms with Crippen molar-refractivity contribution in [3.8, 4) is 28.4 Å². The molecule has 3 aromatic rings. The van der Waals surface area contributed by atoms with Crippen molar-refractivity contribution in [1.82, 2.24) is 0 Å². The summed E-state index contributed by atoms with van der Waals surface area (Å²) in [5, 5.41) is 11.0. The number of hydrogen-bond donors (Lipinski definition) is 3. The molecule has 4 rings (SSSR count). The van der Waals surface area contributed by atoms with E-state index in [1.807, 2.05) is 6.07 Å². The van der Waals surface area contributed by atoms with Crippen molar-refractivity contribution in [2.24, 2.45) is 0 Å². The number of aryl methyl sites for hydroxylation is 1. The van der Waals surface area contributed by atoms with Gasteiger partial charge < -0.3 is 28.8 Å². The summed E-state index contributed by atoms with van der Waals surface area (Å²) in [4.78, 5) is 16.4. The maximum atomic E-state index is 13.5. The summed E-state index contributed by atoms with van der Waals surface area (Å²) in [7, 11) is 5.34. The Labute approximate surface area is 181 Å². The molecule has 0 spiro atoms. The minimum absolute atomic E-state index is 0.120. The standard InChI is InChI=1S/C24H28N2O5/c1-15-22(16-5-8-20(29-3)21(13-16)30-4)23(28)17-6-7-19(27)18(24(17)31-15)14-26-11-9-25(2)10-12-26/h5-8,13,27H,9-12,14H2,1-4H3/p+2. The second kappa shape index (κ2) is 8.61. The minimum atomic E-state index is -0.120. The van der Waals surface area contributed by atoms with Gasteiger partial charge in [-0.05, 0) is 36.8 Å². The van der Waals surface area contributed by atoms with Gasteiger partial charge in [0.05, 0.1) is 37.8 Å². The van der Waals surface area contributed by atoms with Crippen molar-refractivity contribution in [2.75, 3.05) is 47.4 Å². The van der Waals surface area contributed by atoms with Crippen molar-refractivity contribution in [2.45, 2.75) is 13.5 Å². The molecular weight excluding hydrogens is 396 g/mol. The van der Waals surface area contributed by atoms with Crippen LogP contribution in [-0.4, -0.2) is 52.6 Å². The fourth-order valence-electron chi connectivity index (χ4n) is 4.37. The Bertz CT molecular complexity index is 1160. The number of rotatable bonds is 5. The van der Waals surface area contributed by atoms with Crippen LogP contribution in [0.3, 0.4) is 0 Å². The summed E-state index contributed by atoms with van der Waals surface area (Å²) in [5.74, 6) is 1.83. The molecule has 0 amide bonds. The van der Waals surface area contributed by atoms with Crippen molar-refractivity contribution < 1.29 is 28.8 Å². The summed E-state index contributed by atoms with van der Waals surface area (Å²) < 4.78 is 16.9. The highest BCUT2D eigenvalue weighted by atomic mass is 16.5. The van der Waals surface area contributed by atoms with Gasteiger partial charge >= 0.3 is 0 Å². The first-order chi connectivity index (χ1) is 14.9. The average Bonchev–Trinajstić information content (AvgIpc) is 2.77. The van der Waals surface area contributed by atoms with Gasteiger partial charge in [0, 0.05) is 0 Å². The van der Waals surface area contributed by atoms with Gasteiger partial charge in [-0.15, -0.1) is 0 Å². The summed E-state index contributed by atoms with van der Waals surface area (Å²) in [5.41, 5.74) is 2.25. The first-order valence-corrected chi connectivity index (χ1v) is 10.6. The van der Waals surface area contributed by atoms with E-state index in [9.17, 15) is 9.90 Å². The maximum absolute atomic E-state index is 13.5. The van der Waals surface area contributed by atoms with Gasteiger partial charge in [0.25, 0.3) is 0 Å². The van der Waals surface area contributed by atoms with E-state index >= 15 is 0 Å². The third kappa shape index (κ3) is 3.98. The van der Waals surface area contributed by atoms with Crippen LogP contribution in [0.4, 0.5) is 0 Å². The molecule has 0 aliphatic carbocycles. The highest BCUT2D eigenvalue weighted by Gasteiger charge is 2.25. The zero-order valence-electron chi connectivity index (χ0n) is 18.5. The predicted molar refractivity (Wildman–Crippen MR) is 118 cm³/mol. The van der Waals surface area contributed by atoms with Crippen LogP contribution in [0.25, 0.3) is 22.1 Å². The normalized spacial score (nSPS) is 18.8. The van der Waals surface area contributed by atoms with Crippen LogP contribution in [0.15, 0.2) is 39.5 Å². The molecule has 7 nitrogen and oxygen atoms in total. The fourth-order valence-corrected chi connectivity index (χ4v) is 4.37. The smallest absolute Gasteiger partial charge is 0.200 e. The van der Waals surface area contributed by atoms with Crippen molar-refractivity contribution in [3.63, 3.8) is 0 Å². The zero-order chi connectivity index (χ0) is 22.1. The zero-order valence-corrected chi connectivity index (χ0v) is 18.5. The predicted octanol–water partition coefficient (Wildman–Crippen LogP) is 0.404. The average molecular weight is 427 g/mol. The Morgan fingerprint density at radius 3 is 2.42 bits per heavy atom. The summed E-state index contributed by atoms with van der Waals surface area (Å²) in [6, 6.07) is 8.63. The lowest BCUT2D eigenvalue weighted by Crippen LogP contribution is -3.26. The molecule has 3 N–H and O–H groups in total. The molecular formula is C24H30N2O5+2. The van der Waals surface area contributed by atoms with E-state index in [-0.39, 0.29) is 11.2 Å². The van der Waals surface area contributed by atoms with E-state index in [1.54, 1.807) is 45.4 Å². The molecule has 164 valence electrons. The lowest BCUT2D eigenvalue weighted by atomic mass is 10.00. The molecule has 0 radical (unpaired) electrons. The maximum Gasteiger partial charge on any atom is 0.200 e. The van der Waals surface area contributed by atoms with Crippen molar-refractivity contribution in [3.05, 3.63) is 51.9 Å². The van der Waals surface area contributed by atoms with Crippen LogP contribution < -0.4 is 24.7 Å². The molecule has 0 unspecified atom stereocenters. The topological polar surface area (TPSA) is 77.8 Å². The molecule has 0 saturated carbocycles. The van der Waals surface area contributed by atoms with Gasteiger partial charge in [0.2, 0.25) is 5.43 Å². The molecule has 1 fully saturated rings. The lowest BCUT2D eigenvalue weighted by Gasteiger charge is -2.27. The molecule has 2 aromatic carbocycles. The monoisotopic (exact) mass is 426 g/mol. The lowest BCUT2D eigenvalue weighted by molar-refractivity contribution is -1.01. The molecule has 1 aromatic heterocycles. The number of benzene rings is 2. The molecule has 1 saturated heterocycles. The number of ether oxygens (including phenoxy) is 2. The van der Waals surface area contributed by atoms with E-state index in [4.69, 9.17) is 13.9 Å². The number of phenolic OH excluding ortho intramolecular Hbond substituents is 1. The van der Waals surface area contributed by atoms with E-state index in [2.05, 4.69) is 7.05 Å². The second-order valence-corrected chi connectivity index (χ2v) is 8.26. The van der Waals surface area contributed by atoms with E-state index in [0.29, 0.717) is 51.5 Å². The summed E-state index contributed by atoms with van der Waals surface area (Å²) in [6.45, 7) is 6.64. The Morgan fingerprint density at radius 2 is 1.74 bits per heavy atom. The third-order valence-electron chi connectivity index (χ3n) is 6.22. The number of aromatic hydroxyl groups is 1. The largest absolute Gasteiger partial charge is 0.507 e. The van der Waals surface area contributed by atoms with E-state index in [1.165, 1.54) is 9.80 Å². The molecule has 31 heavy (non-hydrogen) atoms. The van der Waals surface area contributed by atoms with Crippen LogP contribution in [0, 0.1) is 6.92 Å². The number of piperazine rings is 1. The summed E-state index contributed by atoms with van der Waals surface area (Å²) >= 11 is 0. The number of phenols is 1. The number of likely N-dealkylation sites (N-methyl/N-ethyl adjacent to an activating group) is 1. The van der Waals surface area contributed by atoms with E-state index in [0.717, 1.165) is 26.2 Å². The van der Waals surface area contributed by atoms with Crippen LogP contribution >= 0.6 is 0 Å². The van der Waals surface area contributed by atoms with Gasteiger partial charge in [0.15, 0.2) is 17.1 Å². The number of hydrogen-bond acceptors (Lipinski definition) is 5. The highest BCUT2D eigenvalue weighted by molar-refractivity contribution is 5.86. The molecule has 0 atom stereocenters. The molecule has 0 bridgehead atoms. The van der Waals surface area contributed by atoms with Gasteiger partial charge in [-0.25, -0.2) is 0 Å². The Hall–Kier alpha value is -3.03. The summed E-state index contributed by atoms with van der Waals surface area (Å²) in [6.07, 6.45) is 0. The van der Waals surface area contributed by atoms with Gasteiger partial charge in [0.1, 0.15) is 44.2 Å². The van der Waals surface area contributed by atoms with Crippen molar-refractivity contribution >= 4 is 11.0 Å². The van der Waals surface area contributed by atoms with Crippen molar-refractivity contribution in [1.29, 1.82) is 0 Å². The van der Waals surface area contributed by atoms with Crippen LogP contribution in [0.5, 0.6) is 17.2 Å². The number of quaternary nitrogens is 2. The molecule has 7 heteroatoms. The fraction of sp³-hybridized carbons (Fsp3) is 0.375. The Balaban J connectivity index is 1.81. The molecule has 2 heterocycles. The van der Waals surface area contributed by atoms with E-state index < -0.39 is 0 Å². The van der Waals surface area contributed by atoms with Gasteiger partial charge in [-0.1, -0.05) is 6.07 Å². The SMILES string of the molecule is COc1ccc(-c2c(C)oc3c(C[NH+]4CC[NH+](C)CC4)c(O)ccc3c2=O)cc1OC. The first kappa shape index (κ1) is 21.2.